The number of nitrogens with zero attached hydrogens (tertiary/aromatic N) is 3. The van der Waals surface area contributed by atoms with Gasteiger partial charge in [-0.2, -0.15) is 0 Å². The van der Waals surface area contributed by atoms with Crippen molar-refractivity contribution < 1.29 is 9.90 Å². The molecule has 0 saturated heterocycles. The zero-order valence-corrected chi connectivity index (χ0v) is 10.6. The molecule has 0 atom stereocenters. The van der Waals surface area contributed by atoms with E-state index in [1.165, 1.54) is 10.9 Å². The summed E-state index contributed by atoms with van der Waals surface area (Å²) in [5.41, 5.74) is 0.271. The molecule has 96 valence electrons. The summed E-state index contributed by atoms with van der Waals surface area (Å²) in [7, 11) is 0. The number of carboxylic acids is 1. The first-order chi connectivity index (χ1) is 7.94. The van der Waals surface area contributed by atoms with E-state index in [-0.39, 0.29) is 11.1 Å². The number of aromatic nitrogens is 3. The minimum absolute atomic E-state index is 0.0149. The minimum Gasteiger partial charge on any atom is -0.476 e. The SMILES string of the molecule is CCC(C)(C)CNCCn1cc(C(=O)O)nn1. The molecule has 0 aromatic carbocycles. The van der Waals surface area contributed by atoms with E-state index in [9.17, 15) is 4.79 Å². The number of hydrogen-bond donors (Lipinski definition) is 2. The maximum Gasteiger partial charge on any atom is 0.358 e. The fourth-order valence-electron chi connectivity index (χ4n) is 1.25. The van der Waals surface area contributed by atoms with Crippen LogP contribution in [-0.4, -0.2) is 39.2 Å². The molecule has 1 heterocycles. The topological polar surface area (TPSA) is 80.0 Å². The first-order valence-corrected chi connectivity index (χ1v) is 5.79. The van der Waals surface area contributed by atoms with E-state index in [0.717, 1.165) is 19.5 Å². The molecular formula is C11H20N4O2. The van der Waals surface area contributed by atoms with Crippen molar-refractivity contribution in [3.63, 3.8) is 0 Å². The Hall–Kier alpha value is -1.43. The van der Waals surface area contributed by atoms with Gasteiger partial charge in [-0.25, -0.2) is 4.79 Å². The molecule has 0 amide bonds. The number of nitrogens with one attached hydrogen (secondary N) is 1. The molecule has 17 heavy (non-hydrogen) atoms. The predicted octanol–water partition coefficient (Wildman–Crippen LogP) is 1.00. The van der Waals surface area contributed by atoms with Gasteiger partial charge in [0.05, 0.1) is 12.7 Å². The Morgan fingerprint density at radius 3 is 2.82 bits per heavy atom. The molecule has 0 saturated carbocycles. The normalized spacial score (nSPS) is 11.7. The number of aromatic carboxylic acids is 1. The quantitative estimate of drug-likeness (QED) is 0.695. The molecule has 6 nitrogen and oxygen atoms in total. The number of carbonyl (C=O) groups is 1. The third-order valence-corrected chi connectivity index (χ3v) is 2.84. The molecule has 0 aliphatic rings. The summed E-state index contributed by atoms with van der Waals surface area (Å²) >= 11 is 0. The summed E-state index contributed by atoms with van der Waals surface area (Å²) in [6.07, 6.45) is 2.56. The van der Waals surface area contributed by atoms with Crippen LogP contribution in [0.2, 0.25) is 0 Å². The highest BCUT2D eigenvalue weighted by molar-refractivity contribution is 5.84. The summed E-state index contributed by atoms with van der Waals surface area (Å²) in [5.74, 6) is -1.05. The Labute approximate surface area is 101 Å². The highest BCUT2D eigenvalue weighted by Crippen LogP contribution is 2.17. The van der Waals surface area contributed by atoms with E-state index < -0.39 is 5.97 Å². The van der Waals surface area contributed by atoms with E-state index in [4.69, 9.17) is 5.11 Å². The van der Waals surface area contributed by atoms with E-state index >= 15 is 0 Å². The van der Waals surface area contributed by atoms with Gasteiger partial charge in [0.25, 0.3) is 0 Å². The van der Waals surface area contributed by atoms with Crippen molar-refractivity contribution in [2.24, 2.45) is 5.41 Å². The zero-order valence-electron chi connectivity index (χ0n) is 10.6. The van der Waals surface area contributed by atoms with E-state index in [1.54, 1.807) is 0 Å². The number of rotatable bonds is 7. The predicted molar refractivity (Wildman–Crippen MR) is 63.9 cm³/mol. The van der Waals surface area contributed by atoms with Crippen LogP contribution < -0.4 is 5.32 Å². The molecule has 1 aromatic rings. The average Bonchev–Trinajstić information content (AvgIpc) is 2.73. The third kappa shape index (κ3) is 4.52. The largest absolute Gasteiger partial charge is 0.476 e. The van der Waals surface area contributed by atoms with Crippen LogP contribution in [0.1, 0.15) is 37.7 Å². The third-order valence-electron chi connectivity index (χ3n) is 2.84. The van der Waals surface area contributed by atoms with Crippen LogP contribution in [0.5, 0.6) is 0 Å². The molecule has 1 aromatic heterocycles. The van der Waals surface area contributed by atoms with Gasteiger partial charge in [-0.05, 0) is 11.8 Å². The second kappa shape index (κ2) is 5.77. The standard InChI is InChI=1S/C11H20N4O2/c1-4-11(2,3)8-12-5-6-15-7-9(10(16)17)13-14-15/h7,12H,4-6,8H2,1-3H3,(H,16,17). The lowest BCUT2D eigenvalue weighted by Gasteiger charge is -2.22. The summed E-state index contributed by atoms with van der Waals surface area (Å²) < 4.78 is 1.54. The van der Waals surface area contributed by atoms with Gasteiger partial charge in [-0.3, -0.25) is 4.68 Å². The van der Waals surface area contributed by atoms with E-state index in [1.807, 2.05) is 0 Å². The molecule has 0 bridgehead atoms. The Kier molecular flexibility index (Phi) is 4.62. The average molecular weight is 240 g/mol. The van der Waals surface area contributed by atoms with Crippen molar-refractivity contribution in [3.8, 4) is 0 Å². The van der Waals surface area contributed by atoms with Crippen molar-refractivity contribution in [1.82, 2.24) is 20.3 Å². The Balaban J connectivity index is 2.29. The van der Waals surface area contributed by atoms with Crippen LogP contribution >= 0.6 is 0 Å². The molecule has 0 aliphatic carbocycles. The van der Waals surface area contributed by atoms with Crippen molar-refractivity contribution in [1.29, 1.82) is 0 Å². The second-order valence-corrected chi connectivity index (χ2v) is 4.87. The van der Waals surface area contributed by atoms with Crippen LogP contribution in [0.15, 0.2) is 6.20 Å². The fraction of sp³-hybridized carbons (Fsp3) is 0.727. The van der Waals surface area contributed by atoms with Gasteiger partial charge in [0.2, 0.25) is 0 Å². The monoisotopic (exact) mass is 240 g/mol. The van der Waals surface area contributed by atoms with Gasteiger partial charge in [-0.15, -0.1) is 5.10 Å². The van der Waals surface area contributed by atoms with Gasteiger partial charge < -0.3 is 10.4 Å². The highest BCUT2D eigenvalue weighted by Gasteiger charge is 2.13. The lowest BCUT2D eigenvalue weighted by atomic mass is 9.90. The summed E-state index contributed by atoms with van der Waals surface area (Å²) in [6.45, 7) is 8.89. The van der Waals surface area contributed by atoms with E-state index in [0.29, 0.717) is 6.54 Å². The van der Waals surface area contributed by atoms with Crippen molar-refractivity contribution in [2.75, 3.05) is 13.1 Å². The fourth-order valence-corrected chi connectivity index (χ4v) is 1.25. The van der Waals surface area contributed by atoms with Gasteiger partial charge in [0, 0.05) is 13.1 Å². The molecule has 0 aliphatic heterocycles. The van der Waals surface area contributed by atoms with Crippen molar-refractivity contribution in [3.05, 3.63) is 11.9 Å². The highest BCUT2D eigenvalue weighted by atomic mass is 16.4. The smallest absolute Gasteiger partial charge is 0.358 e. The first-order valence-electron chi connectivity index (χ1n) is 5.79. The van der Waals surface area contributed by atoms with Crippen LogP contribution in [-0.2, 0) is 6.54 Å². The Bertz CT molecular complexity index is 373. The lowest BCUT2D eigenvalue weighted by Crippen LogP contribution is -2.31. The first kappa shape index (κ1) is 13.6. The van der Waals surface area contributed by atoms with Crippen LogP contribution in [0.4, 0.5) is 0 Å². The maximum absolute atomic E-state index is 10.6. The number of hydrogen-bond acceptors (Lipinski definition) is 4. The van der Waals surface area contributed by atoms with Gasteiger partial charge in [0.15, 0.2) is 5.69 Å². The molecule has 0 unspecified atom stereocenters. The Morgan fingerprint density at radius 1 is 1.59 bits per heavy atom. The molecule has 0 fully saturated rings. The second-order valence-electron chi connectivity index (χ2n) is 4.87. The van der Waals surface area contributed by atoms with Gasteiger partial charge in [-0.1, -0.05) is 26.0 Å². The molecule has 6 heteroatoms. The molecule has 0 spiro atoms. The molecular weight excluding hydrogens is 220 g/mol. The molecule has 0 radical (unpaired) electrons. The zero-order chi connectivity index (χ0) is 12.9. The minimum atomic E-state index is -1.05. The van der Waals surface area contributed by atoms with Gasteiger partial charge >= 0.3 is 5.97 Å². The van der Waals surface area contributed by atoms with Crippen LogP contribution in [0.25, 0.3) is 0 Å². The summed E-state index contributed by atoms with van der Waals surface area (Å²) in [5, 5.41) is 19.3. The lowest BCUT2D eigenvalue weighted by molar-refractivity contribution is 0.0690. The van der Waals surface area contributed by atoms with Crippen molar-refractivity contribution >= 4 is 5.97 Å². The van der Waals surface area contributed by atoms with Crippen LogP contribution in [0.3, 0.4) is 0 Å². The van der Waals surface area contributed by atoms with E-state index in [2.05, 4.69) is 36.4 Å². The summed E-state index contributed by atoms with van der Waals surface area (Å²) in [6, 6.07) is 0. The van der Waals surface area contributed by atoms with Crippen molar-refractivity contribution in [2.45, 2.75) is 33.7 Å². The molecule has 2 N–H and O–H groups in total. The molecule has 1 rings (SSSR count). The maximum atomic E-state index is 10.6. The Morgan fingerprint density at radius 2 is 2.29 bits per heavy atom. The summed E-state index contributed by atoms with van der Waals surface area (Å²) in [4.78, 5) is 10.6. The van der Waals surface area contributed by atoms with Gasteiger partial charge in [0.1, 0.15) is 0 Å². The number of carboxylic acid groups (broad SMARTS) is 1. The van der Waals surface area contributed by atoms with Crippen LogP contribution in [0, 0.1) is 5.41 Å².